The van der Waals surface area contributed by atoms with Crippen LogP contribution in [0.1, 0.15) is 43.7 Å². The summed E-state index contributed by atoms with van der Waals surface area (Å²) in [5.74, 6) is 0. The van der Waals surface area contributed by atoms with E-state index >= 15 is 0 Å². The van der Waals surface area contributed by atoms with Crippen LogP contribution in [-0.4, -0.2) is 7.05 Å². The minimum absolute atomic E-state index is 0.363. The highest BCUT2D eigenvalue weighted by Crippen LogP contribution is 2.29. The highest BCUT2D eigenvalue weighted by molar-refractivity contribution is 9.10. The zero-order valence-corrected chi connectivity index (χ0v) is 13.2. The first-order valence-corrected chi connectivity index (χ1v) is 7.59. The van der Waals surface area contributed by atoms with Crippen molar-refractivity contribution in [3.63, 3.8) is 0 Å². The van der Waals surface area contributed by atoms with Gasteiger partial charge in [0.1, 0.15) is 0 Å². The van der Waals surface area contributed by atoms with Crippen molar-refractivity contribution in [1.82, 2.24) is 5.32 Å². The van der Waals surface area contributed by atoms with Gasteiger partial charge >= 0.3 is 0 Å². The van der Waals surface area contributed by atoms with Crippen molar-refractivity contribution in [2.45, 2.75) is 38.1 Å². The van der Waals surface area contributed by atoms with Gasteiger partial charge in [0.2, 0.25) is 0 Å². The first kappa shape index (κ1) is 15.7. The molecule has 0 saturated carbocycles. The van der Waals surface area contributed by atoms with Crippen LogP contribution in [0.2, 0.25) is 5.02 Å². The Morgan fingerprint density at radius 3 is 2.83 bits per heavy atom. The zero-order chi connectivity index (χ0) is 13.4. The minimum Gasteiger partial charge on any atom is -0.313 e. The van der Waals surface area contributed by atoms with E-state index in [1.807, 2.05) is 31.3 Å². The maximum atomic E-state index is 6.06. The maximum Gasteiger partial charge on any atom is 0.0410 e. The Hall–Kier alpha value is -0.310. The number of unbranched alkanes of at least 4 members (excludes halogenated alkanes) is 3. The topological polar surface area (TPSA) is 12.0 Å². The summed E-state index contributed by atoms with van der Waals surface area (Å²) in [6.45, 7) is 3.75. The Bertz CT molecular complexity index is 379. The second-order valence-electron chi connectivity index (χ2n) is 4.43. The third-order valence-electron chi connectivity index (χ3n) is 3.08. The summed E-state index contributed by atoms with van der Waals surface area (Å²) >= 11 is 9.65. The van der Waals surface area contributed by atoms with Gasteiger partial charge < -0.3 is 5.32 Å². The minimum atomic E-state index is 0.363. The number of hydrogen-bond acceptors (Lipinski definition) is 1. The Morgan fingerprint density at radius 2 is 2.17 bits per heavy atom. The average molecular weight is 331 g/mol. The fourth-order valence-electron chi connectivity index (χ4n) is 2.05. The van der Waals surface area contributed by atoms with E-state index in [0.717, 1.165) is 22.3 Å². The Kier molecular flexibility index (Phi) is 7.64. The van der Waals surface area contributed by atoms with Crippen LogP contribution < -0.4 is 5.32 Å². The van der Waals surface area contributed by atoms with Crippen LogP contribution in [0.25, 0.3) is 0 Å². The van der Waals surface area contributed by atoms with E-state index in [-0.39, 0.29) is 0 Å². The van der Waals surface area contributed by atoms with Gasteiger partial charge in [-0.2, -0.15) is 0 Å². The molecule has 3 heteroatoms. The van der Waals surface area contributed by atoms with E-state index in [4.69, 9.17) is 11.6 Å². The van der Waals surface area contributed by atoms with Crippen LogP contribution in [0, 0.1) is 0 Å². The highest BCUT2D eigenvalue weighted by Gasteiger charge is 2.12. The summed E-state index contributed by atoms with van der Waals surface area (Å²) in [5.41, 5.74) is 1.24. The predicted molar refractivity (Wildman–Crippen MR) is 84.2 cm³/mol. The van der Waals surface area contributed by atoms with Gasteiger partial charge in [0.15, 0.2) is 0 Å². The molecule has 0 aromatic heterocycles. The number of hydrogen-bond donors (Lipinski definition) is 1. The average Bonchev–Trinajstić information content (AvgIpc) is 2.37. The molecule has 1 aromatic rings. The highest BCUT2D eigenvalue weighted by atomic mass is 79.9. The van der Waals surface area contributed by atoms with Crippen molar-refractivity contribution in [1.29, 1.82) is 0 Å². The lowest BCUT2D eigenvalue weighted by Gasteiger charge is -2.18. The second kappa shape index (κ2) is 8.73. The Labute approximate surface area is 124 Å². The molecule has 0 amide bonds. The molecule has 1 N–H and O–H groups in total. The number of allylic oxidation sites excluding steroid dienone is 1. The van der Waals surface area contributed by atoms with E-state index in [0.29, 0.717) is 6.04 Å². The molecular formula is C15H21BrClN. The van der Waals surface area contributed by atoms with Crippen LogP contribution >= 0.6 is 27.5 Å². The van der Waals surface area contributed by atoms with Crippen LogP contribution in [0.5, 0.6) is 0 Å². The van der Waals surface area contributed by atoms with Crippen LogP contribution in [-0.2, 0) is 0 Å². The molecule has 0 aliphatic rings. The Balaban J connectivity index is 2.54. The van der Waals surface area contributed by atoms with Gasteiger partial charge in [-0.05, 0) is 50.1 Å². The molecule has 0 aliphatic carbocycles. The van der Waals surface area contributed by atoms with E-state index in [1.165, 1.54) is 24.8 Å². The number of rotatable bonds is 8. The van der Waals surface area contributed by atoms with E-state index in [9.17, 15) is 0 Å². The second-order valence-corrected chi connectivity index (χ2v) is 5.72. The summed E-state index contributed by atoms with van der Waals surface area (Å²) in [5, 5.41) is 4.16. The van der Waals surface area contributed by atoms with Crippen molar-refractivity contribution in [2.75, 3.05) is 7.05 Å². The summed E-state index contributed by atoms with van der Waals surface area (Å²) in [6, 6.07) is 6.32. The van der Waals surface area contributed by atoms with Gasteiger partial charge in [0, 0.05) is 15.5 Å². The molecule has 0 spiro atoms. The molecule has 0 bridgehead atoms. The summed E-state index contributed by atoms with van der Waals surface area (Å²) in [4.78, 5) is 0. The lowest BCUT2D eigenvalue weighted by molar-refractivity contribution is 0.506. The molecule has 1 nitrogen and oxygen atoms in total. The monoisotopic (exact) mass is 329 g/mol. The molecule has 1 atom stereocenters. The fraction of sp³-hybridized carbons (Fsp3) is 0.467. The molecule has 1 unspecified atom stereocenters. The van der Waals surface area contributed by atoms with E-state index < -0.39 is 0 Å². The SMILES string of the molecule is C=CCCCCCC(NC)c1cc(Cl)ccc1Br. The lowest BCUT2D eigenvalue weighted by atomic mass is 10.00. The third-order valence-corrected chi connectivity index (χ3v) is 4.04. The molecular weight excluding hydrogens is 310 g/mol. The van der Waals surface area contributed by atoms with Crippen molar-refractivity contribution < 1.29 is 0 Å². The van der Waals surface area contributed by atoms with Crippen molar-refractivity contribution in [3.8, 4) is 0 Å². The molecule has 0 heterocycles. The molecule has 100 valence electrons. The standard InChI is InChI=1S/C15H21BrClN/c1-3-4-5-6-7-8-15(18-2)13-11-12(17)9-10-14(13)16/h3,9-11,15,18H,1,4-8H2,2H3. The molecule has 0 saturated heterocycles. The molecule has 1 rings (SSSR count). The first-order chi connectivity index (χ1) is 8.69. The fourth-order valence-corrected chi connectivity index (χ4v) is 2.75. The molecule has 0 fully saturated rings. The third kappa shape index (κ3) is 5.13. The Morgan fingerprint density at radius 1 is 1.39 bits per heavy atom. The number of halogens is 2. The van der Waals surface area contributed by atoms with Crippen molar-refractivity contribution in [2.24, 2.45) is 0 Å². The van der Waals surface area contributed by atoms with Crippen molar-refractivity contribution in [3.05, 3.63) is 45.9 Å². The van der Waals surface area contributed by atoms with Gasteiger partial charge in [-0.15, -0.1) is 6.58 Å². The van der Waals surface area contributed by atoms with Gasteiger partial charge in [0.25, 0.3) is 0 Å². The van der Waals surface area contributed by atoms with Crippen LogP contribution in [0.15, 0.2) is 35.3 Å². The quantitative estimate of drug-likeness (QED) is 0.490. The smallest absolute Gasteiger partial charge is 0.0410 e. The summed E-state index contributed by atoms with van der Waals surface area (Å²) in [7, 11) is 2.00. The predicted octanol–water partition coefficient (Wildman–Crippen LogP) is 5.50. The largest absolute Gasteiger partial charge is 0.313 e. The van der Waals surface area contributed by atoms with Gasteiger partial charge in [-0.3, -0.25) is 0 Å². The lowest BCUT2D eigenvalue weighted by Crippen LogP contribution is -2.16. The normalized spacial score (nSPS) is 12.4. The zero-order valence-electron chi connectivity index (χ0n) is 10.9. The maximum absolute atomic E-state index is 6.06. The van der Waals surface area contributed by atoms with Gasteiger partial charge in [-0.1, -0.05) is 46.4 Å². The van der Waals surface area contributed by atoms with Gasteiger partial charge in [0.05, 0.1) is 0 Å². The molecule has 1 aromatic carbocycles. The van der Waals surface area contributed by atoms with E-state index in [1.54, 1.807) is 0 Å². The molecule has 0 aliphatic heterocycles. The van der Waals surface area contributed by atoms with Crippen molar-refractivity contribution >= 4 is 27.5 Å². The summed E-state index contributed by atoms with van der Waals surface area (Å²) in [6.07, 6.45) is 7.94. The number of nitrogens with one attached hydrogen (secondary N) is 1. The number of benzene rings is 1. The van der Waals surface area contributed by atoms with Crippen LogP contribution in [0.4, 0.5) is 0 Å². The summed E-state index contributed by atoms with van der Waals surface area (Å²) < 4.78 is 1.12. The van der Waals surface area contributed by atoms with Gasteiger partial charge in [-0.25, -0.2) is 0 Å². The van der Waals surface area contributed by atoms with Crippen LogP contribution in [0.3, 0.4) is 0 Å². The van der Waals surface area contributed by atoms with E-state index in [2.05, 4.69) is 27.8 Å². The molecule has 18 heavy (non-hydrogen) atoms. The molecule has 0 radical (unpaired) electrons. The first-order valence-electron chi connectivity index (χ1n) is 6.42.